The lowest BCUT2D eigenvalue weighted by Gasteiger charge is -2.14. The summed E-state index contributed by atoms with van der Waals surface area (Å²) in [5, 5.41) is 4.17. The Hall–Kier alpha value is -2.51. The fourth-order valence-corrected chi connectivity index (χ4v) is 3.86. The van der Waals surface area contributed by atoms with Gasteiger partial charge in [0.2, 0.25) is 10.0 Å². The molecule has 2 heterocycles. The van der Waals surface area contributed by atoms with E-state index in [4.69, 9.17) is 0 Å². The first-order valence-electron chi connectivity index (χ1n) is 7.52. The lowest BCUT2D eigenvalue weighted by atomic mass is 10.1. The standard InChI is InChI=1S/C17H18N4O2S/c1-13(15-8-4-3-5-9-15)20-24(22,23)16-12-19-21(14(16)2)17-10-6-7-11-18-17/h3-13,20H,1-2H3/t13-/m0/s1. The summed E-state index contributed by atoms with van der Waals surface area (Å²) in [5.41, 5.74) is 1.41. The third-order valence-corrected chi connectivity index (χ3v) is 5.40. The summed E-state index contributed by atoms with van der Waals surface area (Å²) in [7, 11) is -3.69. The summed E-state index contributed by atoms with van der Waals surface area (Å²) in [4.78, 5) is 4.35. The smallest absolute Gasteiger partial charge is 0.237 e. The molecule has 0 aliphatic rings. The Morgan fingerprint density at radius 2 is 1.79 bits per heavy atom. The van der Waals surface area contributed by atoms with Crippen molar-refractivity contribution in [3.8, 4) is 5.82 Å². The molecule has 6 nitrogen and oxygen atoms in total. The van der Waals surface area contributed by atoms with Crippen molar-refractivity contribution in [3.05, 3.63) is 72.2 Å². The molecule has 1 atom stereocenters. The Labute approximate surface area is 141 Å². The van der Waals surface area contributed by atoms with Crippen LogP contribution in [0, 0.1) is 6.92 Å². The molecule has 0 saturated carbocycles. The molecule has 0 unspecified atom stereocenters. The van der Waals surface area contributed by atoms with Crippen LogP contribution in [0.3, 0.4) is 0 Å². The van der Waals surface area contributed by atoms with E-state index in [-0.39, 0.29) is 10.9 Å². The minimum atomic E-state index is -3.69. The van der Waals surface area contributed by atoms with Crippen molar-refractivity contribution < 1.29 is 8.42 Å². The summed E-state index contributed by atoms with van der Waals surface area (Å²) < 4.78 is 29.6. The van der Waals surface area contributed by atoms with E-state index in [1.54, 1.807) is 25.3 Å². The molecule has 0 aliphatic heterocycles. The molecular weight excluding hydrogens is 324 g/mol. The SMILES string of the molecule is Cc1c(S(=O)(=O)N[C@@H](C)c2ccccc2)cnn1-c1ccccn1. The van der Waals surface area contributed by atoms with Gasteiger partial charge in [-0.15, -0.1) is 0 Å². The predicted molar refractivity (Wildman–Crippen MR) is 91.3 cm³/mol. The second-order valence-electron chi connectivity index (χ2n) is 5.45. The van der Waals surface area contributed by atoms with Crippen LogP contribution >= 0.6 is 0 Å². The highest BCUT2D eigenvalue weighted by Gasteiger charge is 2.24. The first-order chi connectivity index (χ1) is 11.5. The normalized spacial score (nSPS) is 12.9. The maximum atomic E-state index is 12.7. The predicted octanol–water partition coefficient (Wildman–Crippen LogP) is 2.62. The van der Waals surface area contributed by atoms with Crippen molar-refractivity contribution in [3.63, 3.8) is 0 Å². The van der Waals surface area contributed by atoms with Gasteiger partial charge in [0.25, 0.3) is 0 Å². The zero-order valence-corrected chi connectivity index (χ0v) is 14.2. The van der Waals surface area contributed by atoms with Crippen molar-refractivity contribution in [2.24, 2.45) is 0 Å². The van der Waals surface area contributed by atoms with Crippen molar-refractivity contribution in [1.82, 2.24) is 19.5 Å². The van der Waals surface area contributed by atoms with Crippen LogP contribution in [0.2, 0.25) is 0 Å². The van der Waals surface area contributed by atoms with Crippen LogP contribution < -0.4 is 4.72 Å². The monoisotopic (exact) mass is 342 g/mol. The van der Waals surface area contributed by atoms with Crippen LogP contribution in [0.5, 0.6) is 0 Å². The van der Waals surface area contributed by atoms with E-state index in [0.29, 0.717) is 11.5 Å². The molecule has 3 aromatic rings. The number of rotatable bonds is 5. The minimum absolute atomic E-state index is 0.149. The van der Waals surface area contributed by atoms with Gasteiger partial charge in [0, 0.05) is 12.2 Å². The maximum absolute atomic E-state index is 12.7. The number of hydrogen-bond donors (Lipinski definition) is 1. The third kappa shape index (κ3) is 3.22. The second kappa shape index (κ2) is 6.54. The van der Waals surface area contributed by atoms with Crippen molar-refractivity contribution in [2.45, 2.75) is 24.8 Å². The summed E-state index contributed by atoms with van der Waals surface area (Å²) in [6, 6.07) is 14.5. The van der Waals surface area contributed by atoms with Crippen molar-refractivity contribution in [2.75, 3.05) is 0 Å². The van der Waals surface area contributed by atoms with Gasteiger partial charge in [0.1, 0.15) is 4.90 Å². The highest BCUT2D eigenvalue weighted by Crippen LogP contribution is 2.20. The summed E-state index contributed by atoms with van der Waals surface area (Å²) >= 11 is 0. The van der Waals surface area contributed by atoms with E-state index in [1.807, 2.05) is 43.3 Å². The van der Waals surface area contributed by atoms with E-state index < -0.39 is 10.0 Å². The van der Waals surface area contributed by atoms with E-state index in [2.05, 4.69) is 14.8 Å². The average Bonchev–Trinajstić information content (AvgIpc) is 2.98. The highest BCUT2D eigenvalue weighted by molar-refractivity contribution is 7.89. The molecule has 3 rings (SSSR count). The molecular formula is C17H18N4O2S. The van der Waals surface area contributed by atoms with E-state index >= 15 is 0 Å². The molecule has 0 spiro atoms. The molecule has 0 aliphatic carbocycles. The molecule has 2 aromatic heterocycles. The third-order valence-electron chi connectivity index (χ3n) is 3.75. The van der Waals surface area contributed by atoms with Crippen LogP contribution in [-0.2, 0) is 10.0 Å². The molecule has 7 heteroatoms. The molecule has 0 radical (unpaired) electrons. The van der Waals surface area contributed by atoms with Gasteiger partial charge >= 0.3 is 0 Å². The van der Waals surface area contributed by atoms with E-state index in [9.17, 15) is 8.42 Å². The van der Waals surface area contributed by atoms with Crippen molar-refractivity contribution >= 4 is 10.0 Å². The van der Waals surface area contributed by atoms with E-state index in [0.717, 1.165) is 5.56 Å². The fourth-order valence-electron chi connectivity index (χ4n) is 2.47. The minimum Gasteiger partial charge on any atom is -0.237 e. The first kappa shape index (κ1) is 16.4. The topological polar surface area (TPSA) is 76.9 Å². The quantitative estimate of drug-likeness (QED) is 0.773. The van der Waals surface area contributed by atoms with Crippen LogP contribution in [0.25, 0.3) is 5.82 Å². The summed E-state index contributed by atoms with van der Waals surface area (Å²) in [6.07, 6.45) is 2.99. The zero-order valence-electron chi connectivity index (χ0n) is 13.4. The summed E-state index contributed by atoms with van der Waals surface area (Å²) in [6.45, 7) is 3.52. The number of pyridine rings is 1. The number of nitrogens with one attached hydrogen (secondary N) is 1. The Morgan fingerprint density at radius 1 is 1.08 bits per heavy atom. The molecule has 1 N–H and O–H groups in total. The number of nitrogens with zero attached hydrogens (tertiary/aromatic N) is 3. The molecule has 0 saturated heterocycles. The molecule has 124 valence electrons. The molecule has 1 aromatic carbocycles. The molecule has 0 fully saturated rings. The molecule has 0 bridgehead atoms. The largest absolute Gasteiger partial charge is 0.244 e. The van der Waals surface area contributed by atoms with Crippen LogP contribution in [-0.4, -0.2) is 23.2 Å². The van der Waals surface area contributed by atoms with Crippen LogP contribution in [0.15, 0.2) is 65.8 Å². The lowest BCUT2D eigenvalue weighted by molar-refractivity contribution is 0.566. The lowest BCUT2D eigenvalue weighted by Crippen LogP contribution is -2.27. The maximum Gasteiger partial charge on any atom is 0.244 e. The Balaban J connectivity index is 1.90. The summed E-state index contributed by atoms with van der Waals surface area (Å²) in [5.74, 6) is 0.576. The van der Waals surface area contributed by atoms with Gasteiger partial charge in [0.15, 0.2) is 5.82 Å². The van der Waals surface area contributed by atoms with Gasteiger partial charge in [-0.1, -0.05) is 36.4 Å². The zero-order chi connectivity index (χ0) is 17.2. The average molecular weight is 342 g/mol. The van der Waals surface area contributed by atoms with Gasteiger partial charge in [-0.2, -0.15) is 5.10 Å². The van der Waals surface area contributed by atoms with E-state index in [1.165, 1.54) is 10.9 Å². The number of benzene rings is 1. The molecule has 0 amide bonds. The Bertz CT molecular complexity index is 922. The van der Waals surface area contributed by atoms with Gasteiger partial charge in [-0.25, -0.2) is 22.8 Å². The second-order valence-corrected chi connectivity index (χ2v) is 7.13. The number of sulfonamides is 1. The van der Waals surface area contributed by atoms with Gasteiger partial charge in [-0.05, 0) is 31.5 Å². The fraction of sp³-hybridized carbons (Fsp3) is 0.176. The number of aromatic nitrogens is 3. The highest BCUT2D eigenvalue weighted by atomic mass is 32.2. The van der Waals surface area contributed by atoms with Gasteiger partial charge < -0.3 is 0 Å². The first-order valence-corrected chi connectivity index (χ1v) is 9.00. The number of hydrogen-bond acceptors (Lipinski definition) is 4. The van der Waals surface area contributed by atoms with Crippen LogP contribution in [0.1, 0.15) is 24.2 Å². The Kier molecular flexibility index (Phi) is 4.46. The Morgan fingerprint density at radius 3 is 2.46 bits per heavy atom. The van der Waals surface area contributed by atoms with Crippen LogP contribution in [0.4, 0.5) is 0 Å². The molecule has 24 heavy (non-hydrogen) atoms. The van der Waals surface area contributed by atoms with Crippen molar-refractivity contribution in [1.29, 1.82) is 0 Å². The van der Waals surface area contributed by atoms with Gasteiger partial charge in [0.05, 0.1) is 11.9 Å². The van der Waals surface area contributed by atoms with Gasteiger partial charge in [-0.3, -0.25) is 0 Å².